The Hall–Kier alpha value is -2.32. The van der Waals surface area contributed by atoms with Crippen LogP contribution in [0.25, 0.3) is 16.8 Å². The predicted octanol–water partition coefficient (Wildman–Crippen LogP) is 4.92. The number of phenols is 2. The molecule has 0 spiro atoms. The molecule has 2 aromatic carbocycles. The Labute approximate surface area is 191 Å². The van der Waals surface area contributed by atoms with Crippen molar-refractivity contribution in [3.63, 3.8) is 0 Å². The number of thioether (sulfide) groups is 1. The number of aryl methyl sites for hydroxylation is 1. The Bertz CT molecular complexity index is 1090. The fourth-order valence-electron chi connectivity index (χ4n) is 3.99. The summed E-state index contributed by atoms with van der Waals surface area (Å²) in [6, 6.07) is 4.35. The molecule has 0 aliphatic carbocycles. The van der Waals surface area contributed by atoms with Gasteiger partial charge in [-0.1, -0.05) is 45.5 Å². The number of carboxylic acids is 1. The molecule has 0 aromatic heterocycles. The lowest BCUT2D eigenvalue weighted by atomic mass is 9.91. The molecule has 0 saturated carbocycles. The lowest BCUT2D eigenvalue weighted by molar-refractivity contribution is -0.149. The Kier molecular flexibility index (Phi) is 6.53. The number of fused-ring (bicyclic) bond motifs is 1. The monoisotopic (exact) mass is 461 g/mol. The van der Waals surface area contributed by atoms with Crippen LogP contribution >= 0.6 is 24.4 Å². The molecular formula is C23H27NO5S2. The second-order valence-electron chi connectivity index (χ2n) is 8.43. The van der Waals surface area contributed by atoms with Gasteiger partial charge in [0, 0.05) is 5.56 Å². The van der Waals surface area contributed by atoms with Crippen LogP contribution in [0.2, 0.25) is 0 Å². The van der Waals surface area contributed by atoms with Crippen molar-refractivity contribution in [3.8, 4) is 11.5 Å². The van der Waals surface area contributed by atoms with Gasteiger partial charge in [-0.05, 0) is 58.9 Å². The number of hydrogen-bond acceptors (Lipinski definition) is 6. The van der Waals surface area contributed by atoms with Crippen molar-refractivity contribution in [1.29, 1.82) is 0 Å². The Morgan fingerprint density at radius 3 is 2.39 bits per heavy atom. The minimum absolute atomic E-state index is 0.00709. The van der Waals surface area contributed by atoms with E-state index in [4.69, 9.17) is 0 Å². The molecule has 1 heterocycles. The van der Waals surface area contributed by atoms with E-state index in [-0.39, 0.29) is 29.2 Å². The average molecular weight is 462 g/mol. The number of carbonyl (C=O) groups is 2. The number of thiol groups is 1. The van der Waals surface area contributed by atoms with Crippen LogP contribution in [0.15, 0.2) is 23.1 Å². The SMILES string of the molecule is Cc1cc2c(C(C)C)c(O)c(O)cc2cc1/C=C1\SC(S)N(C(C(=O)O)C(C)C)C1=O. The zero-order valence-corrected chi connectivity index (χ0v) is 19.8. The Morgan fingerprint density at radius 2 is 1.84 bits per heavy atom. The van der Waals surface area contributed by atoms with Crippen molar-refractivity contribution in [2.45, 2.75) is 51.3 Å². The summed E-state index contributed by atoms with van der Waals surface area (Å²) >= 11 is 5.67. The van der Waals surface area contributed by atoms with Gasteiger partial charge in [-0.25, -0.2) is 4.79 Å². The van der Waals surface area contributed by atoms with Gasteiger partial charge < -0.3 is 20.2 Å². The van der Waals surface area contributed by atoms with Gasteiger partial charge in [0.2, 0.25) is 0 Å². The maximum atomic E-state index is 13.0. The van der Waals surface area contributed by atoms with Gasteiger partial charge in [0.15, 0.2) is 11.5 Å². The molecule has 2 aromatic rings. The van der Waals surface area contributed by atoms with Gasteiger partial charge in [0.05, 0.1) is 4.91 Å². The molecule has 1 saturated heterocycles. The maximum Gasteiger partial charge on any atom is 0.326 e. The van der Waals surface area contributed by atoms with E-state index in [1.54, 1.807) is 19.9 Å². The molecule has 1 aliphatic heterocycles. The van der Waals surface area contributed by atoms with Crippen LogP contribution in [-0.4, -0.2) is 42.8 Å². The number of rotatable bonds is 5. The highest BCUT2D eigenvalue weighted by Gasteiger charge is 2.43. The summed E-state index contributed by atoms with van der Waals surface area (Å²) in [6.45, 7) is 9.33. The summed E-state index contributed by atoms with van der Waals surface area (Å²) in [5.74, 6) is -1.97. The van der Waals surface area contributed by atoms with Crippen LogP contribution in [-0.2, 0) is 9.59 Å². The largest absolute Gasteiger partial charge is 0.504 e. The van der Waals surface area contributed by atoms with Crippen molar-refractivity contribution in [2.24, 2.45) is 5.92 Å². The number of nitrogens with zero attached hydrogens (tertiary/aromatic N) is 1. The van der Waals surface area contributed by atoms with E-state index in [1.807, 2.05) is 32.9 Å². The molecule has 31 heavy (non-hydrogen) atoms. The highest BCUT2D eigenvalue weighted by atomic mass is 32.2. The molecule has 6 nitrogen and oxygen atoms in total. The van der Waals surface area contributed by atoms with E-state index in [2.05, 4.69) is 12.6 Å². The number of carboxylic acid groups (broad SMARTS) is 1. The molecule has 1 amide bonds. The van der Waals surface area contributed by atoms with Crippen LogP contribution in [0.3, 0.4) is 0 Å². The second kappa shape index (κ2) is 8.67. The summed E-state index contributed by atoms with van der Waals surface area (Å²) in [4.78, 5) is 26.5. The quantitative estimate of drug-likeness (QED) is 0.287. The number of phenolic OH excluding ortho intramolecular Hbond substituents is 2. The lowest BCUT2D eigenvalue weighted by Gasteiger charge is -2.29. The molecular weight excluding hydrogens is 434 g/mol. The van der Waals surface area contributed by atoms with Crippen LogP contribution in [0.4, 0.5) is 0 Å². The molecule has 166 valence electrons. The summed E-state index contributed by atoms with van der Waals surface area (Å²) < 4.78 is -0.587. The molecule has 2 unspecified atom stereocenters. The third kappa shape index (κ3) is 4.23. The van der Waals surface area contributed by atoms with Crippen molar-refractivity contribution >= 4 is 53.1 Å². The minimum atomic E-state index is -1.05. The zero-order valence-electron chi connectivity index (χ0n) is 18.1. The van der Waals surface area contributed by atoms with E-state index >= 15 is 0 Å². The number of carbonyl (C=O) groups excluding carboxylic acids is 1. The standard InChI is InChI=1S/C23H27NO5S2/c1-10(2)18-15-6-12(5)13(7-14(15)8-16(25)20(18)26)9-17-21(27)24(23(30)31-17)19(11(3)4)22(28)29/h6-11,19,23,25-26,30H,1-5H3,(H,28,29)/b17-9-. The first kappa shape index (κ1) is 23.3. The smallest absolute Gasteiger partial charge is 0.326 e. The highest BCUT2D eigenvalue weighted by molar-refractivity contribution is 8.14. The van der Waals surface area contributed by atoms with E-state index < -0.39 is 16.7 Å². The predicted molar refractivity (Wildman–Crippen MR) is 128 cm³/mol. The molecule has 1 aliphatic rings. The zero-order chi connectivity index (χ0) is 23.2. The van der Waals surface area contributed by atoms with Crippen molar-refractivity contribution in [2.75, 3.05) is 0 Å². The summed E-state index contributed by atoms with van der Waals surface area (Å²) in [7, 11) is 0. The molecule has 3 N–H and O–H groups in total. The van der Waals surface area contributed by atoms with E-state index in [1.165, 1.54) is 22.7 Å². The number of benzene rings is 2. The Balaban J connectivity index is 2.09. The number of aliphatic carboxylic acids is 1. The van der Waals surface area contributed by atoms with Crippen LogP contribution in [0.1, 0.15) is 50.3 Å². The topological polar surface area (TPSA) is 98.1 Å². The molecule has 8 heteroatoms. The molecule has 0 radical (unpaired) electrons. The number of hydrogen-bond donors (Lipinski definition) is 4. The van der Waals surface area contributed by atoms with Crippen LogP contribution < -0.4 is 0 Å². The molecule has 2 atom stereocenters. The van der Waals surface area contributed by atoms with Crippen LogP contribution in [0, 0.1) is 12.8 Å². The van der Waals surface area contributed by atoms with Crippen LogP contribution in [0.5, 0.6) is 11.5 Å². The van der Waals surface area contributed by atoms with E-state index in [0.29, 0.717) is 10.5 Å². The first-order valence-corrected chi connectivity index (χ1v) is 11.4. The second-order valence-corrected chi connectivity index (χ2v) is 10.4. The fourth-order valence-corrected chi connectivity index (χ4v) is 5.55. The van der Waals surface area contributed by atoms with Gasteiger partial charge in [0.1, 0.15) is 10.7 Å². The van der Waals surface area contributed by atoms with Gasteiger partial charge in [-0.15, -0.1) is 12.6 Å². The third-order valence-electron chi connectivity index (χ3n) is 5.48. The minimum Gasteiger partial charge on any atom is -0.504 e. The van der Waals surface area contributed by atoms with Gasteiger partial charge in [-0.2, -0.15) is 0 Å². The lowest BCUT2D eigenvalue weighted by Crippen LogP contribution is -2.47. The normalized spacial score (nSPS) is 19.2. The van der Waals surface area contributed by atoms with Gasteiger partial charge in [-0.3, -0.25) is 4.79 Å². The van der Waals surface area contributed by atoms with Gasteiger partial charge >= 0.3 is 5.97 Å². The van der Waals surface area contributed by atoms with Gasteiger partial charge in [0.25, 0.3) is 5.91 Å². The molecule has 0 bridgehead atoms. The number of aromatic hydroxyl groups is 2. The highest BCUT2D eigenvalue weighted by Crippen LogP contribution is 2.43. The average Bonchev–Trinajstić information content (AvgIpc) is 2.91. The third-order valence-corrected chi connectivity index (χ3v) is 7.03. The summed E-state index contributed by atoms with van der Waals surface area (Å²) in [5, 5.41) is 31.7. The van der Waals surface area contributed by atoms with E-state index in [0.717, 1.165) is 21.9 Å². The molecule has 3 rings (SSSR count). The first-order valence-electron chi connectivity index (χ1n) is 10.0. The van der Waals surface area contributed by atoms with Crippen molar-refractivity contribution in [1.82, 2.24) is 4.90 Å². The van der Waals surface area contributed by atoms with Crippen molar-refractivity contribution in [3.05, 3.63) is 39.8 Å². The summed E-state index contributed by atoms with van der Waals surface area (Å²) in [5.41, 5.74) is 2.35. The number of amides is 1. The summed E-state index contributed by atoms with van der Waals surface area (Å²) in [6.07, 6.45) is 1.74. The molecule has 1 fully saturated rings. The first-order chi connectivity index (χ1) is 14.4. The van der Waals surface area contributed by atoms with E-state index in [9.17, 15) is 24.9 Å². The van der Waals surface area contributed by atoms with Crippen molar-refractivity contribution < 1.29 is 24.9 Å². The Morgan fingerprint density at radius 1 is 1.19 bits per heavy atom. The maximum absolute atomic E-state index is 13.0. The fraction of sp³-hybridized carbons (Fsp3) is 0.391.